The van der Waals surface area contributed by atoms with Crippen LogP contribution in [0.4, 0.5) is 5.13 Å². The standard InChI is InChI=1S/C21H17N5O3S/c27-17(22-12-18-24-19(26-29-18)14-7-3-1-4-8-14)11-16-13-30-21(23-16)25-20(28)15-9-5-2-6-10-15/h1-10,13H,11-12H2,(H,22,27)(H,23,25,28). The van der Waals surface area contributed by atoms with E-state index in [1.54, 1.807) is 29.6 Å². The third-order valence-corrected chi connectivity index (χ3v) is 4.89. The number of hydrogen-bond donors (Lipinski definition) is 2. The summed E-state index contributed by atoms with van der Waals surface area (Å²) in [5, 5.41) is 11.6. The van der Waals surface area contributed by atoms with Gasteiger partial charge in [0.2, 0.25) is 17.6 Å². The molecule has 4 aromatic rings. The summed E-state index contributed by atoms with van der Waals surface area (Å²) in [5.41, 5.74) is 1.95. The van der Waals surface area contributed by atoms with Crippen LogP contribution in [-0.4, -0.2) is 26.9 Å². The molecule has 2 amide bonds. The first-order valence-electron chi connectivity index (χ1n) is 9.13. The molecule has 2 N–H and O–H groups in total. The third-order valence-electron chi connectivity index (χ3n) is 4.09. The molecule has 0 aliphatic heterocycles. The first-order valence-corrected chi connectivity index (χ1v) is 10.0. The zero-order valence-electron chi connectivity index (χ0n) is 15.7. The largest absolute Gasteiger partial charge is 0.347 e. The van der Waals surface area contributed by atoms with Crippen LogP contribution in [0.15, 0.2) is 70.6 Å². The second kappa shape index (κ2) is 9.10. The summed E-state index contributed by atoms with van der Waals surface area (Å²) in [5.74, 6) is 0.307. The van der Waals surface area contributed by atoms with Crippen molar-refractivity contribution in [1.82, 2.24) is 20.4 Å². The summed E-state index contributed by atoms with van der Waals surface area (Å²) in [6, 6.07) is 18.3. The van der Waals surface area contributed by atoms with E-state index in [4.69, 9.17) is 4.52 Å². The molecule has 30 heavy (non-hydrogen) atoms. The molecule has 0 aliphatic carbocycles. The normalized spacial score (nSPS) is 10.5. The molecular formula is C21H17N5O3S. The first-order chi connectivity index (χ1) is 14.7. The average Bonchev–Trinajstić information content (AvgIpc) is 3.43. The van der Waals surface area contributed by atoms with Gasteiger partial charge in [0.15, 0.2) is 5.13 Å². The van der Waals surface area contributed by atoms with Gasteiger partial charge >= 0.3 is 0 Å². The summed E-state index contributed by atoms with van der Waals surface area (Å²) in [4.78, 5) is 32.9. The number of aromatic nitrogens is 3. The number of carbonyl (C=O) groups is 2. The molecule has 0 saturated heterocycles. The number of amides is 2. The molecule has 0 radical (unpaired) electrons. The molecule has 0 unspecified atom stereocenters. The number of anilines is 1. The van der Waals surface area contributed by atoms with Crippen molar-refractivity contribution in [3.8, 4) is 11.4 Å². The number of carbonyl (C=O) groups excluding carboxylic acids is 2. The quantitative estimate of drug-likeness (QED) is 0.476. The lowest BCUT2D eigenvalue weighted by Gasteiger charge is -2.01. The Kier molecular flexibility index (Phi) is 5.90. The van der Waals surface area contributed by atoms with Crippen molar-refractivity contribution in [2.24, 2.45) is 0 Å². The molecule has 0 saturated carbocycles. The molecule has 2 aromatic carbocycles. The molecule has 0 aliphatic rings. The van der Waals surface area contributed by atoms with Crippen molar-refractivity contribution in [1.29, 1.82) is 0 Å². The van der Waals surface area contributed by atoms with Crippen LogP contribution in [0.5, 0.6) is 0 Å². The SMILES string of the molecule is O=C(Cc1csc(NC(=O)c2ccccc2)n1)NCc1nc(-c2ccccc2)no1. The van der Waals surface area contributed by atoms with E-state index in [0.717, 1.165) is 5.56 Å². The maximum atomic E-state index is 12.2. The highest BCUT2D eigenvalue weighted by atomic mass is 32.1. The Morgan fingerprint density at radius 3 is 2.47 bits per heavy atom. The highest BCUT2D eigenvalue weighted by molar-refractivity contribution is 7.14. The van der Waals surface area contributed by atoms with Gasteiger partial charge in [-0.05, 0) is 12.1 Å². The number of benzene rings is 2. The van der Waals surface area contributed by atoms with Gasteiger partial charge in [0.1, 0.15) is 0 Å². The molecular weight excluding hydrogens is 402 g/mol. The summed E-state index contributed by atoms with van der Waals surface area (Å²) in [6.07, 6.45) is 0.0807. The van der Waals surface area contributed by atoms with Crippen molar-refractivity contribution in [2.45, 2.75) is 13.0 Å². The Labute approximate surface area is 176 Å². The highest BCUT2D eigenvalue weighted by Crippen LogP contribution is 2.17. The minimum atomic E-state index is -0.244. The van der Waals surface area contributed by atoms with Crippen molar-refractivity contribution in [3.05, 3.63) is 83.2 Å². The van der Waals surface area contributed by atoms with E-state index in [9.17, 15) is 9.59 Å². The molecule has 0 bridgehead atoms. The van der Waals surface area contributed by atoms with Gasteiger partial charge in [-0.3, -0.25) is 14.9 Å². The zero-order valence-corrected chi connectivity index (χ0v) is 16.6. The van der Waals surface area contributed by atoms with E-state index >= 15 is 0 Å². The van der Waals surface area contributed by atoms with E-state index < -0.39 is 0 Å². The number of rotatable bonds is 7. The molecule has 8 nitrogen and oxygen atoms in total. The fourth-order valence-corrected chi connectivity index (χ4v) is 3.34. The van der Waals surface area contributed by atoms with Gasteiger partial charge in [-0.15, -0.1) is 11.3 Å². The van der Waals surface area contributed by atoms with Gasteiger partial charge in [0, 0.05) is 16.5 Å². The minimum absolute atomic E-state index is 0.0807. The number of hydrogen-bond acceptors (Lipinski definition) is 7. The lowest BCUT2D eigenvalue weighted by atomic mass is 10.2. The first kappa shape index (κ1) is 19.5. The highest BCUT2D eigenvalue weighted by Gasteiger charge is 2.13. The Balaban J connectivity index is 1.28. The Morgan fingerprint density at radius 1 is 0.967 bits per heavy atom. The third kappa shape index (κ3) is 4.95. The summed E-state index contributed by atoms with van der Waals surface area (Å²) >= 11 is 1.27. The van der Waals surface area contributed by atoms with Crippen LogP contribution in [0.1, 0.15) is 21.9 Å². The van der Waals surface area contributed by atoms with E-state index in [1.807, 2.05) is 36.4 Å². The topological polar surface area (TPSA) is 110 Å². The fraction of sp³-hybridized carbons (Fsp3) is 0.0952. The van der Waals surface area contributed by atoms with Crippen molar-refractivity contribution < 1.29 is 14.1 Å². The molecule has 2 heterocycles. The van der Waals surface area contributed by atoms with Crippen LogP contribution in [-0.2, 0) is 17.8 Å². The van der Waals surface area contributed by atoms with Gasteiger partial charge in [0.25, 0.3) is 5.91 Å². The summed E-state index contributed by atoms with van der Waals surface area (Å²) in [7, 11) is 0. The molecule has 0 spiro atoms. The molecule has 0 atom stereocenters. The van der Waals surface area contributed by atoms with Crippen molar-refractivity contribution in [2.75, 3.05) is 5.32 Å². The summed E-state index contributed by atoms with van der Waals surface area (Å²) in [6.45, 7) is 0.125. The predicted molar refractivity (Wildman–Crippen MR) is 112 cm³/mol. The van der Waals surface area contributed by atoms with E-state index in [2.05, 4.69) is 25.8 Å². The number of nitrogens with zero attached hydrogens (tertiary/aromatic N) is 3. The van der Waals surface area contributed by atoms with Gasteiger partial charge in [0.05, 0.1) is 18.7 Å². The van der Waals surface area contributed by atoms with Crippen LogP contribution in [0, 0.1) is 0 Å². The van der Waals surface area contributed by atoms with Crippen molar-refractivity contribution >= 4 is 28.3 Å². The lowest BCUT2D eigenvalue weighted by molar-refractivity contribution is -0.120. The van der Waals surface area contributed by atoms with Gasteiger partial charge in [-0.25, -0.2) is 4.98 Å². The van der Waals surface area contributed by atoms with Crippen LogP contribution < -0.4 is 10.6 Å². The van der Waals surface area contributed by atoms with E-state index in [-0.39, 0.29) is 24.8 Å². The average molecular weight is 419 g/mol. The summed E-state index contributed by atoms with van der Waals surface area (Å²) < 4.78 is 5.17. The van der Waals surface area contributed by atoms with Crippen LogP contribution >= 0.6 is 11.3 Å². The number of thiazole rings is 1. The Hall–Kier alpha value is -3.85. The molecule has 4 rings (SSSR count). The van der Waals surface area contributed by atoms with Crippen LogP contribution in [0.2, 0.25) is 0 Å². The predicted octanol–water partition coefficient (Wildman–Crippen LogP) is 3.30. The Bertz CT molecular complexity index is 1140. The molecule has 2 aromatic heterocycles. The molecule has 0 fully saturated rings. The van der Waals surface area contributed by atoms with Crippen LogP contribution in [0.3, 0.4) is 0 Å². The fourth-order valence-electron chi connectivity index (χ4n) is 2.64. The lowest BCUT2D eigenvalue weighted by Crippen LogP contribution is -2.24. The van der Waals surface area contributed by atoms with Crippen LogP contribution in [0.25, 0.3) is 11.4 Å². The maximum absolute atomic E-state index is 12.2. The molecule has 150 valence electrons. The monoisotopic (exact) mass is 419 g/mol. The second-order valence-electron chi connectivity index (χ2n) is 6.30. The molecule has 9 heteroatoms. The zero-order chi connectivity index (χ0) is 20.8. The Morgan fingerprint density at radius 2 is 1.70 bits per heavy atom. The van der Waals surface area contributed by atoms with Gasteiger partial charge in [-0.1, -0.05) is 53.7 Å². The second-order valence-corrected chi connectivity index (χ2v) is 7.15. The maximum Gasteiger partial charge on any atom is 0.257 e. The number of nitrogens with one attached hydrogen (secondary N) is 2. The minimum Gasteiger partial charge on any atom is -0.347 e. The van der Waals surface area contributed by atoms with E-state index in [1.165, 1.54) is 11.3 Å². The smallest absolute Gasteiger partial charge is 0.257 e. The van der Waals surface area contributed by atoms with Gasteiger partial charge in [-0.2, -0.15) is 4.98 Å². The van der Waals surface area contributed by atoms with Gasteiger partial charge < -0.3 is 9.84 Å². The van der Waals surface area contributed by atoms with E-state index in [0.29, 0.717) is 28.1 Å². The van der Waals surface area contributed by atoms with Crippen molar-refractivity contribution in [3.63, 3.8) is 0 Å².